The maximum atomic E-state index is 12.0. The molecule has 0 aliphatic heterocycles. The van der Waals surface area contributed by atoms with E-state index in [-0.39, 0.29) is 6.61 Å². The normalized spacial score (nSPS) is 11.3. The van der Waals surface area contributed by atoms with Crippen molar-refractivity contribution in [2.45, 2.75) is 20.0 Å². The zero-order valence-electron chi connectivity index (χ0n) is 15.2. The molecular formula is C19H21BrN2O5. The van der Waals surface area contributed by atoms with E-state index in [0.29, 0.717) is 17.2 Å². The quantitative estimate of drug-likeness (QED) is 0.651. The number of methoxy groups -OCH3 is 1. The first-order chi connectivity index (χ1) is 12.9. The molecule has 0 aliphatic rings. The van der Waals surface area contributed by atoms with Gasteiger partial charge in [0.25, 0.3) is 11.8 Å². The summed E-state index contributed by atoms with van der Waals surface area (Å²) in [5.74, 6) is 0.504. The van der Waals surface area contributed by atoms with Gasteiger partial charge < -0.3 is 14.2 Å². The van der Waals surface area contributed by atoms with Crippen molar-refractivity contribution in [3.05, 3.63) is 52.5 Å². The number of aryl methyl sites for hydroxylation is 1. The molecule has 0 unspecified atom stereocenters. The minimum Gasteiger partial charge on any atom is -0.493 e. The number of hydrogen-bond acceptors (Lipinski definition) is 5. The van der Waals surface area contributed by atoms with E-state index in [1.54, 1.807) is 37.3 Å². The Kier molecular flexibility index (Phi) is 7.48. The highest BCUT2D eigenvalue weighted by Crippen LogP contribution is 2.27. The SMILES string of the molecule is COc1cc(C)ccc1OCC(=O)NNC(=O)[C@H](C)Oc1cccc(Br)c1. The van der Waals surface area contributed by atoms with Gasteiger partial charge in [-0.3, -0.25) is 20.4 Å². The van der Waals surface area contributed by atoms with Gasteiger partial charge in [-0.05, 0) is 49.7 Å². The van der Waals surface area contributed by atoms with Crippen molar-refractivity contribution in [3.63, 3.8) is 0 Å². The van der Waals surface area contributed by atoms with E-state index in [2.05, 4.69) is 26.8 Å². The number of hydrazine groups is 1. The molecule has 1 atom stereocenters. The molecule has 2 amide bonds. The maximum absolute atomic E-state index is 12.0. The van der Waals surface area contributed by atoms with Gasteiger partial charge in [0.05, 0.1) is 7.11 Å². The van der Waals surface area contributed by atoms with Crippen LogP contribution in [-0.4, -0.2) is 31.6 Å². The lowest BCUT2D eigenvalue weighted by Gasteiger charge is -2.15. The highest BCUT2D eigenvalue weighted by Gasteiger charge is 2.16. The summed E-state index contributed by atoms with van der Waals surface area (Å²) < 4.78 is 17.0. The molecule has 0 heterocycles. The second kappa shape index (κ2) is 9.82. The fourth-order valence-electron chi connectivity index (χ4n) is 2.10. The lowest BCUT2D eigenvalue weighted by molar-refractivity contribution is -0.133. The van der Waals surface area contributed by atoms with Gasteiger partial charge in [-0.25, -0.2) is 0 Å². The Hall–Kier alpha value is -2.74. The zero-order valence-corrected chi connectivity index (χ0v) is 16.8. The summed E-state index contributed by atoms with van der Waals surface area (Å²) in [7, 11) is 1.52. The zero-order chi connectivity index (χ0) is 19.8. The molecule has 0 saturated carbocycles. The number of carbonyl (C=O) groups excluding carboxylic acids is 2. The Balaban J connectivity index is 1.78. The van der Waals surface area contributed by atoms with E-state index in [1.807, 2.05) is 19.1 Å². The predicted molar refractivity (Wildman–Crippen MR) is 104 cm³/mol. The van der Waals surface area contributed by atoms with E-state index in [9.17, 15) is 9.59 Å². The molecule has 0 spiro atoms. The summed E-state index contributed by atoms with van der Waals surface area (Å²) in [6, 6.07) is 12.5. The second-order valence-corrected chi connectivity index (χ2v) is 6.61. The third-order valence-electron chi connectivity index (χ3n) is 3.48. The number of rotatable bonds is 7. The molecule has 2 rings (SSSR count). The Bertz CT molecular complexity index is 812. The minimum absolute atomic E-state index is 0.277. The van der Waals surface area contributed by atoms with Crippen molar-refractivity contribution in [2.24, 2.45) is 0 Å². The number of benzene rings is 2. The minimum atomic E-state index is -0.794. The Morgan fingerprint density at radius 1 is 1.11 bits per heavy atom. The lowest BCUT2D eigenvalue weighted by atomic mass is 10.2. The highest BCUT2D eigenvalue weighted by atomic mass is 79.9. The largest absolute Gasteiger partial charge is 0.493 e. The van der Waals surface area contributed by atoms with Crippen LogP contribution in [0.1, 0.15) is 12.5 Å². The van der Waals surface area contributed by atoms with Crippen LogP contribution in [0.4, 0.5) is 0 Å². The molecule has 0 aliphatic carbocycles. The molecular weight excluding hydrogens is 416 g/mol. The first-order valence-corrected chi connectivity index (χ1v) is 8.96. The van der Waals surface area contributed by atoms with Crippen molar-refractivity contribution in [3.8, 4) is 17.2 Å². The number of amides is 2. The maximum Gasteiger partial charge on any atom is 0.279 e. The fraction of sp³-hybridized carbons (Fsp3) is 0.263. The molecule has 2 N–H and O–H groups in total. The Morgan fingerprint density at radius 2 is 1.89 bits per heavy atom. The molecule has 0 aromatic heterocycles. The molecule has 7 nitrogen and oxygen atoms in total. The molecule has 144 valence electrons. The average Bonchev–Trinajstić information content (AvgIpc) is 2.64. The van der Waals surface area contributed by atoms with Crippen molar-refractivity contribution in [1.29, 1.82) is 0 Å². The fourth-order valence-corrected chi connectivity index (χ4v) is 2.48. The highest BCUT2D eigenvalue weighted by molar-refractivity contribution is 9.10. The van der Waals surface area contributed by atoms with Crippen LogP contribution in [0, 0.1) is 6.92 Å². The van der Waals surface area contributed by atoms with Gasteiger partial charge in [-0.1, -0.05) is 28.1 Å². The van der Waals surface area contributed by atoms with Gasteiger partial charge in [-0.2, -0.15) is 0 Å². The van der Waals surface area contributed by atoms with Crippen LogP contribution in [0.25, 0.3) is 0 Å². The average molecular weight is 437 g/mol. The summed E-state index contributed by atoms with van der Waals surface area (Å²) >= 11 is 3.33. The van der Waals surface area contributed by atoms with E-state index < -0.39 is 17.9 Å². The number of halogens is 1. The molecule has 0 fully saturated rings. The van der Waals surface area contributed by atoms with Crippen LogP contribution in [0.5, 0.6) is 17.2 Å². The third-order valence-corrected chi connectivity index (χ3v) is 3.97. The second-order valence-electron chi connectivity index (χ2n) is 5.70. The molecule has 0 bridgehead atoms. The first-order valence-electron chi connectivity index (χ1n) is 8.17. The van der Waals surface area contributed by atoms with Crippen molar-refractivity contribution >= 4 is 27.7 Å². The molecule has 27 heavy (non-hydrogen) atoms. The summed E-state index contributed by atoms with van der Waals surface area (Å²) in [5, 5.41) is 0. The van der Waals surface area contributed by atoms with Crippen LogP contribution < -0.4 is 25.1 Å². The molecule has 0 saturated heterocycles. The standard InChI is InChI=1S/C19H21BrN2O5/c1-12-7-8-16(17(9-12)25-3)26-11-18(23)21-22-19(24)13(2)27-15-6-4-5-14(20)10-15/h4-10,13H,11H2,1-3H3,(H,21,23)(H,22,24)/t13-/m0/s1. The molecule has 2 aromatic rings. The van der Waals surface area contributed by atoms with Crippen LogP contribution >= 0.6 is 15.9 Å². The van der Waals surface area contributed by atoms with Crippen LogP contribution in [-0.2, 0) is 9.59 Å². The number of ether oxygens (including phenoxy) is 3. The van der Waals surface area contributed by atoms with Crippen molar-refractivity contribution in [1.82, 2.24) is 10.9 Å². The monoisotopic (exact) mass is 436 g/mol. The van der Waals surface area contributed by atoms with E-state index in [4.69, 9.17) is 14.2 Å². The van der Waals surface area contributed by atoms with Crippen molar-refractivity contribution in [2.75, 3.05) is 13.7 Å². The van der Waals surface area contributed by atoms with E-state index >= 15 is 0 Å². The summed E-state index contributed by atoms with van der Waals surface area (Å²) in [6.45, 7) is 3.22. The summed E-state index contributed by atoms with van der Waals surface area (Å²) in [6.07, 6.45) is -0.794. The molecule has 8 heteroatoms. The summed E-state index contributed by atoms with van der Waals surface area (Å²) in [4.78, 5) is 23.9. The molecule has 2 aromatic carbocycles. The predicted octanol–water partition coefficient (Wildman–Crippen LogP) is 2.76. The third kappa shape index (κ3) is 6.49. The first kappa shape index (κ1) is 20.6. The molecule has 0 radical (unpaired) electrons. The van der Waals surface area contributed by atoms with Gasteiger partial charge in [-0.15, -0.1) is 0 Å². The van der Waals surface area contributed by atoms with Crippen LogP contribution in [0.15, 0.2) is 46.9 Å². The smallest absolute Gasteiger partial charge is 0.279 e. The topological polar surface area (TPSA) is 85.9 Å². The number of carbonyl (C=O) groups is 2. The van der Waals surface area contributed by atoms with Crippen LogP contribution in [0.3, 0.4) is 0 Å². The van der Waals surface area contributed by atoms with Gasteiger partial charge in [0, 0.05) is 4.47 Å². The summed E-state index contributed by atoms with van der Waals surface area (Å²) in [5.41, 5.74) is 5.60. The van der Waals surface area contributed by atoms with E-state index in [0.717, 1.165) is 10.0 Å². The van der Waals surface area contributed by atoms with Gasteiger partial charge in [0.1, 0.15) is 5.75 Å². The lowest BCUT2D eigenvalue weighted by Crippen LogP contribution is -2.48. The number of nitrogens with one attached hydrogen (secondary N) is 2. The Labute approximate surface area is 166 Å². The van der Waals surface area contributed by atoms with Gasteiger partial charge in [0.2, 0.25) is 0 Å². The number of hydrogen-bond donors (Lipinski definition) is 2. The van der Waals surface area contributed by atoms with Gasteiger partial charge in [0.15, 0.2) is 24.2 Å². The Morgan fingerprint density at radius 3 is 2.59 bits per heavy atom. The van der Waals surface area contributed by atoms with Crippen LogP contribution in [0.2, 0.25) is 0 Å². The van der Waals surface area contributed by atoms with E-state index in [1.165, 1.54) is 7.11 Å². The van der Waals surface area contributed by atoms with Gasteiger partial charge >= 0.3 is 0 Å². The van der Waals surface area contributed by atoms with Crippen molar-refractivity contribution < 1.29 is 23.8 Å².